The van der Waals surface area contributed by atoms with Gasteiger partial charge in [-0.3, -0.25) is 4.79 Å². The molecular weight excluding hydrogens is 533 g/mol. The predicted molar refractivity (Wildman–Crippen MR) is 170 cm³/mol. The normalized spacial score (nSPS) is 21.1. The second-order valence-corrected chi connectivity index (χ2v) is 25.7. The molecule has 0 unspecified atom stereocenters. The van der Waals surface area contributed by atoms with Crippen molar-refractivity contribution in [2.24, 2.45) is 5.41 Å². The first-order valence-electron chi connectivity index (χ1n) is 15.7. The number of carbonyl (C=O) groups is 1. The predicted octanol–water partition coefficient (Wildman–Crippen LogP) is 8.38. The van der Waals surface area contributed by atoms with Crippen molar-refractivity contribution in [1.29, 1.82) is 0 Å². The van der Waals surface area contributed by atoms with Crippen LogP contribution in [0.1, 0.15) is 105 Å². The summed E-state index contributed by atoms with van der Waals surface area (Å²) < 4.78 is 20.1. The number of benzene rings is 1. The Labute approximate surface area is 246 Å². The maximum Gasteiger partial charge on any atom is 0.258 e. The van der Waals surface area contributed by atoms with E-state index in [0.717, 1.165) is 25.8 Å². The van der Waals surface area contributed by atoms with Gasteiger partial charge in [-0.15, -0.1) is 0 Å². The van der Waals surface area contributed by atoms with Crippen LogP contribution in [0.3, 0.4) is 0 Å². The van der Waals surface area contributed by atoms with E-state index in [1.165, 1.54) is 12.8 Å². The SMILES string of the molecule is CC(C)[Si](Oc1cc(N)c(C(=O)N2CC3(CC3)C[C@H]2CO[Si](C)(C)C(C)(C)C)cc1OC1CC1)(C(C)C)C(C)C. The lowest BCUT2D eigenvalue weighted by Gasteiger charge is -2.42. The summed E-state index contributed by atoms with van der Waals surface area (Å²) in [6.45, 7) is 26.4. The minimum absolute atomic E-state index is 0.00242. The Hall–Kier alpha value is -1.52. The molecule has 40 heavy (non-hydrogen) atoms. The average molecular weight is 589 g/mol. The lowest BCUT2D eigenvalue weighted by atomic mass is 10.0. The molecule has 2 saturated carbocycles. The van der Waals surface area contributed by atoms with Crippen molar-refractivity contribution < 1.29 is 18.4 Å². The molecular formula is C32H56N2O4Si2. The summed E-state index contributed by atoms with van der Waals surface area (Å²) in [5, 5.41) is 0.132. The van der Waals surface area contributed by atoms with Gasteiger partial charge >= 0.3 is 0 Å². The summed E-state index contributed by atoms with van der Waals surface area (Å²) in [5.41, 5.74) is 9.22. The van der Waals surface area contributed by atoms with Gasteiger partial charge in [0.15, 0.2) is 14.1 Å². The van der Waals surface area contributed by atoms with E-state index in [1.54, 1.807) is 0 Å². The van der Waals surface area contributed by atoms with E-state index in [-0.39, 0.29) is 28.5 Å². The first-order valence-corrected chi connectivity index (χ1v) is 20.7. The van der Waals surface area contributed by atoms with Crippen molar-refractivity contribution in [2.45, 2.75) is 141 Å². The third-order valence-corrected chi connectivity index (χ3v) is 20.9. The third kappa shape index (κ3) is 6.14. The molecule has 6 nitrogen and oxygen atoms in total. The monoisotopic (exact) mass is 588 g/mol. The fourth-order valence-electron chi connectivity index (χ4n) is 6.61. The van der Waals surface area contributed by atoms with Crippen molar-refractivity contribution in [2.75, 3.05) is 18.9 Å². The molecule has 1 aromatic carbocycles. The number of hydrogen-bond acceptors (Lipinski definition) is 5. The van der Waals surface area contributed by atoms with Crippen molar-refractivity contribution in [3.8, 4) is 11.5 Å². The highest BCUT2D eigenvalue weighted by Gasteiger charge is 2.54. The zero-order valence-corrected chi connectivity index (χ0v) is 29.1. The maximum absolute atomic E-state index is 14.2. The summed E-state index contributed by atoms with van der Waals surface area (Å²) in [6, 6.07) is 3.84. The molecule has 1 saturated heterocycles. The van der Waals surface area contributed by atoms with Gasteiger partial charge in [-0.25, -0.2) is 0 Å². The van der Waals surface area contributed by atoms with E-state index in [9.17, 15) is 4.79 Å². The van der Waals surface area contributed by atoms with Gasteiger partial charge in [0.2, 0.25) is 0 Å². The van der Waals surface area contributed by atoms with Gasteiger partial charge in [-0.2, -0.15) is 0 Å². The number of hydrogen-bond donors (Lipinski definition) is 1. The molecule has 1 amide bonds. The molecule has 0 aromatic heterocycles. The molecule has 4 rings (SSSR count). The second kappa shape index (κ2) is 11.0. The van der Waals surface area contributed by atoms with Crippen LogP contribution in [0, 0.1) is 5.41 Å². The zero-order chi connectivity index (χ0) is 29.8. The Morgan fingerprint density at radius 3 is 2.08 bits per heavy atom. The molecule has 8 heteroatoms. The van der Waals surface area contributed by atoms with E-state index in [2.05, 4.69) is 80.3 Å². The van der Waals surface area contributed by atoms with Crippen LogP contribution in [-0.2, 0) is 4.43 Å². The molecule has 0 radical (unpaired) electrons. The van der Waals surface area contributed by atoms with Crippen LogP contribution in [0.4, 0.5) is 5.69 Å². The zero-order valence-electron chi connectivity index (χ0n) is 27.1. The van der Waals surface area contributed by atoms with E-state index in [1.807, 2.05) is 12.1 Å². The molecule has 1 atom stereocenters. The molecule has 1 aromatic rings. The van der Waals surface area contributed by atoms with Crippen LogP contribution in [-0.4, -0.2) is 52.7 Å². The first kappa shape index (κ1) is 31.4. The number of carbonyl (C=O) groups excluding carboxylic acids is 1. The van der Waals surface area contributed by atoms with Crippen molar-refractivity contribution >= 4 is 28.2 Å². The Kier molecular flexibility index (Phi) is 8.61. The summed E-state index contributed by atoms with van der Waals surface area (Å²) in [5.74, 6) is 1.38. The highest BCUT2D eigenvalue weighted by atomic mass is 28.4. The number of anilines is 1. The van der Waals surface area contributed by atoms with Crippen LogP contribution in [0.5, 0.6) is 11.5 Å². The fourth-order valence-corrected chi connectivity index (χ4v) is 12.9. The van der Waals surface area contributed by atoms with Gasteiger partial charge < -0.3 is 24.2 Å². The highest BCUT2D eigenvalue weighted by Crippen LogP contribution is 2.55. The molecule has 1 heterocycles. The van der Waals surface area contributed by atoms with Crippen molar-refractivity contribution in [3.05, 3.63) is 17.7 Å². The minimum Gasteiger partial charge on any atom is -0.540 e. The quantitative estimate of drug-likeness (QED) is 0.208. The number of nitrogen functional groups attached to an aromatic ring is 1. The molecule has 2 N–H and O–H groups in total. The lowest BCUT2D eigenvalue weighted by Crippen LogP contribution is -2.50. The third-order valence-electron chi connectivity index (χ3n) is 10.4. The van der Waals surface area contributed by atoms with E-state index in [0.29, 0.717) is 46.0 Å². The summed E-state index contributed by atoms with van der Waals surface area (Å²) >= 11 is 0. The van der Waals surface area contributed by atoms with Crippen LogP contribution in [0.2, 0.25) is 34.8 Å². The van der Waals surface area contributed by atoms with Crippen LogP contribution >= 0.6 is 0 Å². The Balaban J connectivity index is 1.65. The number of nitrogens with zero attached hydrogens (tertiary/aromatic N) is 1. The summed E-state index contributed by atoms with van der Waals surface area (Å²) in [7, 11) is -4.16. The average Bonchev–Trinajstić information content (AvgIpc) is 3.75. The first-order chi connectivity index (χ1) is 18.4. The number of ether oxygens (including phenoxy) is 1. The van der Waals surface area contributed by atoms with Crippen LogP contribution in [0.15, 0.2) is 12.1 Å². The van der Waals surface area contributed by atoms with Gasteiger partial charge in [-0.1, -0.05) is 62.3 Å². The van der Waals surface area contributed by atoms with Crippen molar-refractivity contribution in [3.63, 3.8) is 0 Å². The standard InChI is InChI=1S/C32H56N2O4Si2/c1-21(2)40(22(3)4,23(5)6)38-29-17-27(33)26(16-28(29)37-25-12-13-25)30(35)34-20-32(14-15-32)18-24(34)19-36-39(10,11)31(7,8)9/h16-17,21-25H,12-15,18-20,33H2,1-11H3/t24-/m0/s1. The van der Waals surface area contributed by atoms with E-state index >= 15 is 0 Å². The van der Waals surface area contributed by atoms with Gasteiger partial charge in [0.05, 0.1) is 24.3 Å². The van der Waals surface area contributed by atoms with Crippen LogP contribution < -0.4 is 14.9 Å². The topological polar surface area (TPSA) is 74.0 Å². The molecule has 3 aliphatic rings. The molecule has 0 bridgehead atoms. The highest BCUT2D eigenvalue weighted by molar-refractivity contribution is 6.78. The van der Waals surface area contributed by atoms with Crippen LogP contribution in [0.25, 0.3) is 0 Å². The number of nitrogens with two attached hydrogens (primary N) is 1. The molecule has 1 aliphatic heterocycles. The summed E-state index contributed by atoms with van der Waals surface area (Å²) in [4.78, 5) is 16.3. The Bertz CT molecular complexity index is 1070. The second-order valence-electron chi connectivity index (χ2n) is 15.5. The fraction of sp³-hybridized carbons (Fsp3) is 0.781. The van der Waals surface area contributed by atoms with Gasteiger partial charge in [0.1, 0.15) is 5.75 Å². The molecule has 226 valence electrons. The van der Waals surface area contributed by atoms with Gasteiger partial charge in [0, 0.05) is 18.3 Å². The Morgan fingerprint density at radius 2 is 1.60 bits per heavy atom. The van der Waals surface area contributed by atoms with E-state index < -0.39 is 16.6 Å². The smallest absolute Gasteiger partial charge is 0.258 e. The number of rotatable bonds is 11. The summed E-state index contributed by atoms with van der Waals surface area (Å²) in [6.07, 6.45) is 5.67. The van der Waals surface area contributed by atoms with E-state index in [4.69, 9.17) is 19.3 Å². The number of amides is 1. The maximum atomic E-state index is 14.2. The largest absolute Gasteiger partial charge is 0.540 e. The Morgan fingerprint density at radius 1 is 1.02 bits per heavy atom. The van der Waals surface area contributed by atoms with Gasteiger partial charge in [0.25, 0.3) is 14.2 Å². The minimum atomic E-state index is -2.23. The molecule has 1 spiro atoms. The van der Waals surface area contributed by atoms with Crippen molar-refractivity contribution in [1.82, 2.24) is 4.90 Å². The molecule has 2 aliphatic carbocycles. The molecule has 3 fully saturated rings. The lowest BCUT2D eigenvalue weighted by molar-refractivity contribution is 0.0680. The number of likely N-dealkylation sites (tertiary alicyclic amines) is 1. The van der Waals surface area contributed by atoms with Gasteiger partial charge in [-0.05, 0) is 78.3 Å².